The fourth-order valence-corrected chi connectivity index (χ4v) is 0.912. The van der Waals surface area contributed by atoms with Gasteiger partial charge in [0, 0.05) is 5.92 Å². The molecule has 15 heavy (non-hydrogen) atoms. The van der Waals surface area contributed by atoms with Crippen LogP contribution in [0.3, 0.4) is 0 Å². The van der Waals surface area contributed by atoms with E-state index in [1.54, 1.807) is 12.1 Å². The summed E-state index contributed by atoms with van der Waals surface area (Å²) in [6.07, 6.45) is 0.743. The summed E-state index contributed by atoms with van der Waals surface area (Å²) in [5, 5.41) is 0. The fraction of sp³-hybridized carbons (Fsp3) is 0.250. The Hall–Kier alpha value is -1.82. The Kier molecular flexibility index (Phi) is 4.36. The van der Waals surface area contributed by atoms with Gasteiger partial charge < -0.3 is 4.74 Å². The number of carbonyl (C=O) groups excluding carboxylic acids is 1. The SMILES string of the molecule is CCCOC(=O)C#Cc1ccccc1F. The lowest BCUT2D eigenvalue weighted by atomic mass is 10.2. The van der Waals surface area contributed by atoms with Crippen LogP contribution in [0.1, 0.15) is 18.9 Å². The number of rotatable bonds is 2. The lowest BCUT2D eigenvalue weighted by Gasteiger charge is -1.95. The maximum absolute atomic E-state index is 13.0. The van der Waals surface area contributed by atoms with Gasteiger partial charge in [0.2, 0.25) is 0 Å². The predicted molar refractivity (Wildman–Crippen MR) is 54.5 cm³/mol. The van der Waals surface area contributed by atoms with E-state index in [1.165, 1.54) is 12.1 Å². The van der Waals surface area contributed by atoms with Crippen molar-refractivity contribution >= 4 is 5.97 Å². The lowest BCUT2D eigenvalue weighted by molar-refractivity contribution is -0.136. The molecular formula is C12H11FO2. The first-order valence-corrected chi connectivity index (χ1v) is 4.67. The van der Waals surface area contributed by atoms with E-state index in [4.69, 9.17) is 4.74 Å². The number of hydrogen-bond acceptors (Lipinski definition) is 2. The van der Waals surface area contributed by atoms with Crippen LogP contribution in [-0.4, -0.2) is 12.6 Å². The summed E-state index contributed by atoms with van der Waals surface area (Å²) in [4.78, 5) is 11.0. The first kappa shape index (κ1) is 11.3. The zero-order valence-corrected chi connectivity index (χ0v) is 8.42. The molecular weight excluding hydrogens is 195 g/mol. The summed E-state index contributed by atoms with van der Waals surface area (Å²) in [5.74, 6) is 3.58. The number of ether oxygens (including phenoxy) is 1. The molecule has 0 saturated heterocycles. The van der Waals surface area contributed by atoms with Crippen LogP contribution < -0.4 is 0 Å². The summed E-state index contributed by atoms with van der Waals surface area (Å²) in [6.45, 7) is 2.22. The minimum atomic E-state index is -0.625. The van der Waals surface area contributed by atoms with E-state index in [0.717, 1.165) is 6.42 Å². The normalized spacial score (nSPS) is 8.93. The third-order valence-electron chi connectivity index (χ3n) is 1.61. The smallest absolute Gasteiger partial charge is 0.384 e. The quantitative estimate of drug-likeness (QED) is 0.547. The van der Waals surface area contributed by atoms with E-state index < -0.39 is 11.8 Å². The van der Waals surface area contributed by atoms with Gasteiger partial charge in [-0.1, -0.05) is 25.0 Å². The van der Waals surface area contributed by atoms with E-state index in [2.05, 4.69) is 11.8 Å². The molecule has 1 aromatic carbocycles. The molecule has 0 heterocycles. The molecule has 0 N–H and O–H groups in total. The fourth-order valence-electron chi connectivity index (χ4n) is 0.912. The molecule has 0 fully saturated rings. The second kappa shape index (κ2) is 5.82. The van der Waals surface area contributed by atoms with Crippen LogP contribution in [0.2, 0.25) is 0 Å². The van der Waals surface area contributed by atoms with Gasteiger partial charge in [-0.2, -0.15) is 0 Å². The molecule has 1 aromatic rings. The highest BCUT2D eigenvalue weighted by molar-refractivity contribution is 5.89. The first-order valence-electron chi connectivity index (χ1n) is 4.67. The molecule has 0 saturated carbocycles. The number of hydrogen-bond donors (Lipinski definition) is 0. The number of benzene rings is 1. The van der Waals surface area contributed by atoms with E-state index in [1.807, 2.05) is 6.92 Å². The monoisotopic (exact) mass is 206 g/mol. The van der Waals surface area contributed by atoms with Crippen molar-refractivity contribution in [1.82, 2.24) is 0 Å². The molecule has 1 rings (SSSR count). The van der Waals surface area contributed by atoms with Crippen LogP contribution in [0.15, 0.2) is 24.3 Å². The molecule has 0 atom stereocenters. The third-order valence-corrected chi connectivity index (χ3v) is 1.61. The molecule has 0 aromatic heterocycles. The molecule has 0 amide bonds. The molecule has 0 aliphatic carbocycles. The summed E-state index contributed by atoms with van der Waals surface area (Å²) in [6, 6.07) is 6.03. The number of carbonyl (C=O) groups is 1. The van der Waals surface area contributed by atoms with Crippen molar-refractivity contribution in [1.29, 1.82) is 0 Å². The Morgan fingerprint density at radius 2 is 2.20 bits per heavy atom. The molecule has 0 radical (unpaired) electrons. The molecule has 0 bridgehead atoms. The van der Waals surface area contributed by atoms with Gasteiger partial charge in [0.1, 0.15) is 5.82 Å². The van der Waals surface area contributed by atoms with Crippen molar-refractivity contribution in [2.45, 2.75) is 13.3 Å². The highest BCUT2D eigenvalue weighted by atomic mass is 19.1. The predicted octanol–water partition coefficient (Wildman–Crippen LogP) is 2.13. The molecule has 0 spiro atoms. The maximum atomic E-state index is 13.0. The zero-order valence-electron chi connectivity index (χ0n) is 8.42. The van der Waals surface area contributed by atoms with Crippen LogP contribution >= 0.6 is 0 Å². The Bertz CT molecular complexity index is 402. The minimum absolute atomic E-state index is 0.200. The second-order valence-electron chi connectivity index (χ2n) is 2.87. The minimum Gasteiger partial charge on any atom is -0.456 e. The van der Waals surface area contributed by atoms with Gasteiger partial charge in [-0.25, -0.2) is 9.18 Å². The summed E-state index contributed by atoms with van der Waals surface area (Å²) in [7, 11) is 0. The molecule has 0 aliphatic rings. The van der Waals surface area contributed by atoms with Gasteiger partial charge in [-0.05, 0) is 18.6 Å². The van der Waals surface area contributed by atoms with Crippen molar-refractivity contribution in [3.05, 3.63) is 35.6 Å². The standard InChI is InChI=1S/C12H11FO2/c1-2-9-15-12(14)8-7-10-5-3-4-6-11(10)13/h3-6H,2,9H2,1H3. The topological polar surface area (TPSA) is 26.3 Å². The summed E-state index contributed by atoms with van der Waals surface area (Å²) >= 11 is 0. The van der Waals surface area contributed by atoms with Crippen molar-refractivity contribution in [2.75, 3.05) is 6.61 Å². The summed E-state index contributed by atoms with van der Waals surface area (Å²) < 4.78 is 17.8. The van der Waals surface area contributed by atoms with Crippen LogP contribution in [0.25, 0.3) is 0 Å². The maximum Gasteiger partial charge on any atom is 0.384 e. The molecule has 3 heteroatoms. The molecule has 2 nitrogen and oxygen atoms in total. The highest BCUT2D eigenvalue weighted by Crippen LogP contribution is 2.03. The second-order valence-corrected chi connectivity index (χ2v) is 2.87. The Labute approximate surface area is 88.1 Å². The highest BCUT2D eigenvalue weighted by Gasteiger charge is 1.97. The van der Waals surface area contributed by atoms with E-state index in [0.29, 0.717) is 6.61 Å². The van der Waals surface area contributed by atoms with E-state index in [-0.39, 0.29) is 5.56 Å². The van der Waals surface area contributed by atoms with Gasteiger partial charge >= 0.3 is 5.97 Å². The third kappa shape index (κ3) is 3.82. The van der Waals surface area contributed by atoms with Gasteiger partial charge in [-0.15, -0.1) is 0 Å². The van der Waals surface area contributed by atoms with Gasteiger partial charge in [0.25, 0.3) is 0 Å². The number of esters is 1. The average Bonchev–Trinajstić information content (AvgIpc) is 2.25. The Morgan fingerprint density at radius 3 is 2.87 bits per heavy atom. The van der Waals surface area contributed by atoms with Crippen LogP contribution in [0, 0.1) is 17.7 Å². The summed E-state index contributed by atoms with van der Waals surface area (Å²) in [5.41, 5.74) is 0.200. The molecule has 0 unspecified atom stereocenters. The average molecular weight is 206 g/mol. The van der Waals surface area contributed by atoms with Crippen LogP contribution in [-0.2, 0) is 9.53 Å². The lowest BCUT2D eigenvalue weighted by Crippen LogP contribution is -2.01. The van der Waals surface area contributed by atoms with Gasteiger partial charge in [0.15, 0.2) is 0 Å². The first-order chi connectivity index (χ1) is 7.24. The van der Waals surface area contributed by atoms with E-state index in [9.17, 15) is 9.18 Å². The zero-order chi connectivity index (χ0) is 11.1. The number of halogens is 1. The van der Waals surface area contributed by atoms with Crippen molar-refractivity contribution in [2.24, 2.45) is 0 Å². The van der Waals surface area contributed by atoms with Crippen molar-refractivity contribution < 1.29 is 13.9 Å². The largest absolute Gasteiger partial charge is 0.456 e. The van der Waals surface area contributed by atoms with Crippen LogP contribution in [0.4, 0.5) is 4.39 Å². The Morgan fingerprint density at radius 1 is 1.47 bits per heavy atom. The molecule has 78 valence electrons. The van der Waals surface area contributed by atoms with E-state index >= 15 is 0 Å². The van der Waals surface area contributed by atoms with Gasteiger partial charge in [0.05, 0.1) is 12.2 Å². The van der Waals surface area contributed by atoms with Crippen molar-refractivity contribution in [3.63, 3.8) is 0 Å². The Balaban J connectivity index is 2.65. The van der Waals surface area contributed by atoms with Crippen LogP contribution in [0.5, 0.6) is 0 Å². The van der Waals surface area contributed by atoms with Crippen molar-refractivity contribution in [3.8, 4) is 11.8 Å². The molecule has 0 aliphatic heterocycles. The van der Waals surface area contributed by atoms with Gasteiger partial charge in [-0.3, -0.25) is 0 Å².